The maximum atomic E-state index is 5.53. The molecule has 0 atom stereocenters. The van der Waals surface area contributed by atoms with Crippen LogP contribution in [-0.4, -0.2) is 67.9 Å². The number of nitrogens with zero attached hydrogens (tertiary/aromatic N) is 4. The van der Waals surface area contributed by atoms with Crippen LogP contribution < -0.4 is 9.64 Å². The average Bonchev–Trinajstić information content (AvgIpc) is 2.52. The fourth-order valence-corrected chi connectivity index (χ4v) is 2.26. The van der Waals surface area contributed by atoms with E-state index in [-0.39, 0.29) is 0 Å². The van der Waals surface area contributed by atoms with Crippen LogP contribution in [0.25, 0.3) is 0 Å². The van der Waals surface area contributed by atoms with Gasteiger partial charge >= 0.3 is 0 Å². The minimum Gasteiger partial charge on any atom is -0.481 e. The van der Waals surface area contributed by atoms with Gasteiger partial charge in [-0.3, -0.25) is 4.90 Å². The summed E-state index contributed by atoms with van der Waals surface area (Å²) < 4.78 is 10.7. The SMILES string of the molecule is CCCOCCN1CCN(c2cc(OC)ncn2)CC1. The van der Waals surface area contributed by atoms with E-state index < -0.39 is 0 Å². The molecule has 0 radical (unpaired) electrons. The van der Waals surface area contributed by atoms with Gasteiger partial charge in [0.2, 0.25) is 5.88 Å². The third kappa shape index (κ3) is 4.31. The third-order valence-corrected chi connectivity index (χ3v) is 3.43. The maximum Gasteiger partial charge on any atom is 0.218 e. The van der Waals surface area contributed by atoms with Gasteiger partial charge in [0.25, 0.3) is 0 Å². The molecule has 6 nitrogen and oxygen atoms in total. The van der Waals surface area contributed by atoms with Crippen molar-refractivity contribution < 1.29 is 9.47 Å². The second-order valence-electron chi connectivity index (χ2n) is 4.86. The Morgan fingerprint density at radius 3 is 2.65 bits per heavy atom. The van der Waals surface area contributed by atoms with E-state index >= 15 is 0 Å². The highest BCUT2D eigenvalue weighted by atomic mass is 16.5. The first kappa shape index (κ1) is 15.0. The lowest BCUT2D eigenvalue weighted by molar-refractivity contribution is 0.102. The molecule has 0 N–H and O–H groups in total. The van der Waals surface area contributed by atoms with E-state index in [9.17, 15) is 0 Å². The summed E-state index contributed by atoms with van der Waals surface area (Å²) in [6.45, 7) is 8.89. The molecule has 1 aromatic heterocycles. The smallest absolute Gasteiger partial charge is 0.218 e. The Morgan fingerprint density at radius 1 is 1.15 bits per heavy atom. The highest BCUT2D eigenvalue weighted by molar-refractivity contribution is 5.41. The van der Waals surface area contributed by atoms with Crippen molar-refractivity contribution in [2.24, 2.45) is 0 Å². The van der Waals surface area contributed by atoms with Gasteiger partial charge in [0, 0.05) is 45.4 Å². The summed E-state index contributed by atoms with van der Waals surface area (Å²) in [4.78, 5) is 13.1. The van der Waals surface area contributed by atoms with Crippen LogP contribution in [-0.2, 0) is 4.74 Å². The number of ether oxygens (including phenoxy) is 2. The van der Waals surface area contributed by atoms with Crippen molar-refractivity contribution >= 4 is 5.82 Å². The van der Waals surface area contributed by atoms with Crippen molar-refractivity contribution in [2.75, 3.05) is 57.9 Å². The standard InChI is InChI=1S/C14H24N4O2/c1-3-9-20-10-8-17-4-6-18(7-5-17)13-11-14(19-2)16-12-15-13/h11-12H,3-10H2,1-2H3. The van der Waals surface area contributed by atoms with Gasteiger partial charge in [0.05, 0.1) is 13.7 Å². The predicted molar refractivity (Wildman–Crippen MR) is 78.3 cm³/mol. The summed E-state index contributed by atoms with van der Waals surface area (Å²) >= 11 is 0. The first-order valence-corrected chi connectivity index (χ1v) is 7.24. The van der Waals surface area contributed by atoms with Gasteiger partial charge in [-0.2, -0.15) is 0 Å². The zero-order chi connectivity index (χ0) is 14.2. The molecule has 0 bridgehead atoms. The van der Waals surface area contributed by atoms with Gasteiger partial charge < -0.3 is 14.4 Å². The molecule has 1 aliphatic rings. The molecule has 20 heavy (non-hydrogen) atoms. The topological polar surface area (TPSA) is 50.7 Å². The summed E-state index contributed by atoms with van der Waals surface area (Å²) in [6, 6.07) is 1.89. The Kier molecular flexibility index (Phi) is 6.01. The van der Waals surface area contributed by atoms with Crippen LogP contribution >= 0.6 is 0 Å². The van der Waals surface area contributed by atoms with Gasteiger partial charge in [0.15, 0.2) is 0 Å². The number of hydrogen-bond donors (Lipinski definition) is 0. The molecule has 1 saturated heterocycles. The number of piperazine rings is 1. The lowest BCUT2D eigenvalue weighted by Crippen LogP contribution is -2.47. The summed E-state index contributed by atoms with van der Waals surface area (Å²) in [5.74, 6) is 1.56. The molecule has 112 valence electrons. The van der Waals surface area contributed by atoms with Crippen LogP contribution in [0.2, 0.25) is 0 Å². The molecular formula is C14H24N4O2. The molecule has 1 aromatic rings. The van der Waals surface area contributed by atoms with Gasteiger partial charge in [-0.15, -0.1) is 0 Å². The van der Waals surface area contributed by atoms with Crippen LogP contribution in [0, 0.1) is 0 Å². The van der Waals surface area contributed by atoms with Crippen LogP contribution in [0.3, 0.4) is 0 Å². The molecule has 0 aliphatic carbocycles. The maximum absolute atomic E-state index is 5.53. The molecule has 1 aliphatic heterocycles. The molecule has 2 rings (SSSR count). The van der Waals surface area contributed by atoms with Gasteiger partial charge in [-0.1, -0.05) is 6.92 Å². The van der Waals surface area contributed by atoms with Crippen molar-refractivity contribution in [2.45, 2.75) is 13.3 Å². The van der Waals surface area contributed by atoms with Crippen LogP contribution in [0.5, 0.6) is 5.88 Å². The van der Waals surface area contributed by atoms with Crippen molar-refractivity contribution in [3.05, 3.63) is 12.4 Å². The van der Waals surface area contributed by atoms with E-state index in [2.05, 4.69) is 26.7 Å². The van der Waals surface area contributed by atoms with E-state index in [0.29, 0.717) is 5.88 Å². The molecular weight excluding hydrogens is 256 g/mol. The zero-order valence-electron chi connectivity index (χ0n) is 12.4. The number of aromatic nitrogens is 2. The number of hydrogen-bond acceptors (Lipinski definition) is 6. The molecule has 0 amide bonds. The minimum atomic E-state index is 0.616. The Hall–Kier alpha value is -1.40. The number of methoxy groups -OCH3 is 1. The van der Waals surface area contributed by atoms with E-state index in [1.165, 1.54) is 0 Å². The Morgan fingerprint density at radius 2 is 1.95 bits per heavy atom. The Balaban J connectivity index is 1.76. The average molecular weight is 280 g/mol. The second-order valence-corrected chi connectivity index (χ2v) is 4.86. The normalized spacial score (nSPS) is 16.4. The number of rotatable bonds is 7. The minimum absolute atomic E-state index is 0.616. The molecule has 0 spiro atoms. The van der Waals surface area contributed by atoms with Crippen molar-refractivity contribution in [1.82, 2.24) is 14.9 Å². The lowest BCUT2D eigenvalue weighted by atomic mass is 10.3. The molecule has 6 heteroatoms. The largest absolute Gasteiger partial charge is 0.481 e. The van der Waals surface area contributed by atoms with E-state index in [1.54, 1.807) is 13.4 Å². The summed E-state index contributed by atoms with van der Waals surface area (Å²) in [5, 5.41) is 0. The fourth-order valence-electron chi connectivity index (χ4n) is 2.26. The molecule has 0 aromatic carbocycles. The highest BCUT2D eigenvalue weighted by Crippen LogP contribution is 2.16. The molecule has 1 fully saturated rings. The first-order chi connectivity index (χ1) is 9.83. The fraction of sp³-hybridized carbons (Fsp3) is 0.714. The Bertz CT molecular complexity index is 395. The summed E-state index contributed by atoms with van der Waals surface area (Å²) in [6.07, 6.45) is 2.64. The van der Waals surface area contributed by atoms with Crippen molar-refractivity contribution in [3.8, 4) is 5.88 Å². The lowest BCUT2D eigenvalue weighted by Gasteiger charge is -2.35. The first-order valence-electron chi connectivity index (χ1n) is 7.24. The molecule has 2 heterocycles. The quantitative estimate of drug-likeness (QED) is 0.695. The number of anilines is 1. The van der Waals surface area contributed by atoms with Gasteiger partial charge in [-0.05, 0) is 6.42 Å². The predicted octanol–water partition coefficient (Wildman–Crippen LogP) is 1.03. The highest BCUT2D eigenvalue weighted by Gasteiger charge is 2.18. The zero-order valence-corrected chi connectivity index (χ0v) is 12.4. The molecule has 0 unspecified atom stereocenters. The van der Waals surface area contributed by atoms with E-state index in [0.717, 1.165) is 58.2 Å². The molecule has 0 saturated carbocycles. The van der Waals surface area contributed by atoms with E-state index in [1.807, 2.05) is 6.07 Å². The second kappa shape index (κ2) is 8.01. The third-order valence-electron chi connectivity index (χ3n) is 3.43. The van der Waals surface area contributed by atoms with Crippen LogP contribution in [0.4, 0.5) is 5.82 Å². The van der Waals surface area contributed by atoms with Gasteiger partial charge in [0.1, 0.15) is 12.1 Å². The Labute approximate surface area is 120 Å². The van der Waals surface area contributed by atoms with Gasteiger partial charge in [-0.25, -0.2) is 9.97 Å². The van der Waals surface area contributed by atoms with Crippen molar-refractivity contribution in [1.29, 1.82) is 0 Å². The van der Waals surface area contributed by atoms with Crippen LogP contribution in [0.1, 0.15) is 13.3 Å². The van der Waals surface area contributed by atoms with Crippen molar-refractivity contribution in [3.63, 3.8) is 0 Å². The summed E-state index contributed by atoms with van der Waals surface area (Å²) in [5.41, 5.74) is 0. The van der Waals surface area contributed by atoms with Crippen LogP contribution in [0.15, 0.2) is 12.4 Å². The summed E-state index contributed by atoms with van der Waals surface area (Å²) in [7, 11) is 1.63. The van der Waals surface area contributed by atoms with E-state index in [4.69, 9.17) is 9.47 Å². The monoisotopic (exact) mass is 280 g/mol.